The highest BCUT2D eigenvalue weighted by Gasteiger charge is 2.27. The Bertz CT molecular complexity index is 784. The van der Waals surface area contributed by atoms with E-state index in [1.807, 2.05) is 33.0 Å². The van der Waals surface area contributed by atoms with Crippen LogP contribution >= 0.6 is 0 Å². The number of carbonyl (C=O) groups excluding carboxylic acids is 2. The summed E-state index contributed by atoms with van der Waals surface area (Å²) in [5, 5.41) is 7.11. The average Bonchev–Trinajstić information content (AvgIpc) is 2.90. The number of anilines is 1. The SMILES string of the molecule is Cc1c([C@@H](C)NC(=O)CN2C(=O)COc3ccccc32)cnn1C. The van der Waals surface area contributed by atoms with Gasteiger partial charge in [0.25, 0.3) is 5.91 Å². The molecule has 0 aliphatic carbocycles. The van der Waals surface area contributed by atoms with E-state index in [9.17, 15) is 9.59 Å². The third kappa shape index (κ3) is 2.97. The van der Waals surface area contributed by atoms with Crippen molar-refractivity contribution in [1.29, 1.82) is 0 Å². The van der Waals surface area contributed by atoms with Crippen LogP contribution in [0.25, 0.3) is 0 Å². The topological polar surface area (TPSA) is 76.5 Å². The van der Waals surface area contributed by atoms with E-state index in [0.717, 1.165) is 11.3 Å². The smallest absolute Gasteiger partial charge is 0.265 e. The second-order valence-electron chi connectivity index (χ2n) is 5.83. The third-order valence-corrected chi connectivity index (χ3v) is 4.23. The molecule has 1 N–H and O–H groups in total. The molecule has 0 unspecified atom stereocenters. The lowest BCUT2D eigenvalue weighted by Gasteiger charge is -2.29. The van der Waals surface area contributed by atoms with Crippen molar-refractivity contribution in [2.24, 2.45) is 7.05 Å². The first kappa shape index (κ1) is 16.0. The van der Waals surface area contributed by atoms with Gasteiger partial charge < -0.3 is 10.1 Å². The summed E-state index contributed by atoms with van der Waals surface area (Å²) in [5.41, 5.74) is 2.57. The molecular weight excluding hydrogens is 308 g/mol. The van der Waals surface area contributed by atoms with Crippen LogP contribution in [-0.2, 0) is 16.6 Å². The van der Waals surface area contributed by atoms with E-state index in [1.54, 1.807) is 23.0 Å². The lowest BCUT2D eigenvalue weighted by Crippen LogP contribution is -2.45. The zero-order valence-corrected chi connectivity index (χ0v) is 13.9. The molecule has 0 bridgehead atoms. The predicted molar refractivity (Wildman–Crippen MR) is 88.8 cm³/mol. The summed E-state index contributed by atoms with van der Waals surface area (Å²) < 4.78 is 7.15. The number of ether oxygens (including phenoxy) is 1. The van der Waals surface area contributed by atoms with E-state index in [4.69, 9.17) is 4.74 Å². The van der Waals surface area contributed by atoms with Gasteiger partial charge in [0.15, 0.2) is 6.61 Å². The van der Waals surface area contributed by atoms with Crippen LogP contribution in [-0.4, -0.2) is 34.7 Å². The largest absolute Gasteiger partial charge is 0.482 e. The number of hydrogen-bond acceptors (Lipinski definition) is 4. The van der Waals surface area contributed by atoms with Crippen molar-refractivity contribution in [3.63, 3.8) is 0 Å². The summed E-state index contributed by atoms with van der Waals surface area (Å²) in [7, 11) is 1.86. The highest BCUT2D eigenvalue weighted by Crippen LogP contribution is 2.31. The average molecular weight is 328 g/mol. The maximum atomic E-state index is 12.4. The minimum absolute atomic E-state index is 0.0388. The summed E-state index contributed by atoms with van der Waals surface area (Å²) in [5.74, 6) is 0.158. The molecule has 0 saturated heterocycles. The lowest BCUT2D eigenvalue weighted by molar-refractivity contribution is -0.125. The summed E-state index contributed by atoms with van der Waals surface area (Å²) in [6.45, 7) is 3.76. The summed E-state index contributed by atoms with van der Waals surface area (Å²) in [4.78, 5) is 26.0. The molecule has 2 amide bonds. The molecule has 1 aromatic carbocycles. The number of nitrogens with zero attached hydrogens (tertiary/aromatic N) is 3. The number of para-hydroxylation sites is 2. The number of aromatic nitrogens is 2. The molecule has 1 aliphatic heterocycles. The van der Waals surface area contributed by atoms with Crippen LogP contribution in [0, 0.1) is 6.92 Å². The number of hydrogen-bond donors (Lipinski definition) is 1. The molecule has 0 radical (unpaired) electrons. The van der Waals surface area contributed by atoms with Crippen molar-refractivity contribution in [2.75, 3.05) is 18.1 Å². The second kappa shape index (κ2) is 6.35. The highest BCUT2D eigenvalue weighted by atomic mass is 16.5. The molecule has 1 aromatic heterocycles. The van der Waals surface area contributed by atoms with Gasteiger partial charge in [0.1, 0.15) is 12.3 Å². The molecule has 24 heavy (non-hydrogen) atoms. The molecule has 7 heteroatoms. The first-order valence-corrected chi connectivity index (χ1v) is 7.77. The second-order valence-corrected chi connectivity index (χ2v) is 5.83. The minimum atomic E-state index is -0.228. The van der Waals surface area contributed by atoms with Gasteiger partial charge in [-0.1, -0.05) is 12.1 Å². The van der Waals surface area contributed by atoms with Crippen molar-refractivity contribution >= 4 is 17.5 Å². The normalized spacial score (nSPS) is 14.8. The van der Waals surface area contributed by atoms with Crippen molar-refractivity contribution < 1.29 is 14.3 Å². The fourth-order valence-corrected chi connectivity index (χ4v) is 2.78. The maximum absolute atomic E-state index is 12.4. The standard InChI is InChI=1S/C17H20N4O3/c1-11(13-8-18-20(3)12(13)2)19-16(22)9-21-14-6-4-5-7-15(14)24-10-17(21)23/h4-8,11H,9-10H2,1-3H3,(H,19,22)/t11-/m1/s1. The van der Waals surface area contributed by atoms with Gasteiger partial charge in [0, 0.05) is 18.3 Å². The number of nitrogens with one attached hydrogen (secondary N) is 1. The van der Waals surface area contributed by atoms with Crippen LogP contribution < -0.4 is 15.0 Å². The molecule has 7 nitrogen and oxygen atoms in total. The van der Waals surface area contributed by atoms with Gasteiger partial charge in [-0.25, -0.2) is 0 Å². The van der Waals surface area contributed by atoms with E-state index in [0.29, 0.717) is 11.4 Å². The Morgan fingerprint density at radius 3 is 2.88 bits per heavy atom. The molecule has 0 spiro atoms. The van der Waals surface area contributed by atoms with Gasteiger partial charge >= 0.3 is 0 Å². The van der Waals surface area contributed by atoms with Gasteiger partial charge in [-0.05, 0) is 26.0 Å². The number of aryl methyl sites for hydroxylation is 1. The lowest BCUT2D eigenvalue weighted by atomic mass is 10.1. The van der Waals surface area contributed by atoms with Gasteiger partial charge in [0.2, 0.25) is 5.91 Å². The molecule has 1 atom stereocenters. The first-order valence-electron chi connectivity index (χ1n) is 7.77. The molecule has 126 valence electrons. The van der Waals surface area contributed by atoms with Crippen LogP contribution in [0.3, 0.4) is 0 Å². The van der Waals surface area contributed by atoms with E-state index >= 15 is 0 Å². The molecule has 0 saturated carbocycles. The van der Waals surface area contributed by atoms with Crippen LogP contribution in [0.1, 0.15) is 24.2 Å². The highest BCUT2D eigenvalue weighted by molar-refractivity contribution is 6.02. The summed E-state index contributed by atoms with van der Waals surface area (Å²) in [6.07, 6.45) is 1.75. The zero-order chi connectivity index (χ0) is 17.3. The van der Waals surface area contributed by atoms with Crippen molar-refractivity contribution in [3.8, 4) is 5.75 Å². The Kier molecular flexibility index (Phi) is 4.24. The van der Waals surface area contributed by atoms with E-state index in [-0.39, 0.29) is 31.0 Å². The number of rotatable bonds is 4. The fourth-order valence-electron chi connectivity index (χ4n) is 2.78. The van der Waals surface area contributed by atoms with Gasteiger partial charge in [-0.2, -0.15) is 5.10 Å². The third-order valence-electron chi connectivity index (χ3n) is 4.23. The maximum Gasteiger partial charge on any atom is 0.265 e. The van der Waals surface area contributed by atoms with Gasteiger partial charge in [-0.3, -0.25) is 19.2 Å². The van der Waals surface area contributed by atoms with Crippen LogP contribution in [0.2, 0.25) is 0 Å². The van der Waals surface area contributed by atoms with Crippen LogP contribution in [0.4, 0.5) is 5.69 Å². The Balaban J connectivity index is 1.71. The minimum Gasteiger partial charge on any atom is -0.482 e. The molecule has 0 fully saturated rings. The molecule has 2 heterocycles. The summed E-state index contributed by atoms with van der Waals surface area (Å²) in [6, 6.07) is 7.02. The predicted octanol–water partition coefficient (Wildman–Crippen LogP) is 1.33. The number of carbonyl (C=O) groups is 2. The van der Waals surface area contributed by atoms with Gasteiger partial charge in [-0.15, -0.1) is 0 Å². The molecule has 2 aromatic rings. The first-order chi connectivity index (χ1) is 11.5. The monoisotopic (exact) mass is 328 g/mol. The number of benzene rings is 1. The van der Waals surface area contributed by atoms with E-state index < -0.39 is 0 Å². The Morgan fingerprint density at radius 2 is 2.17 bits per heavy atom. The zero-order valence-electron chi connectivity index (χ0n) is 13.9. The van der Waals surface area contributed by atoms with Crippen molar-refractivity contribution in [1.82, 2.24) is 15.1 Å². The molecule has 1 aliphatic rings. The Labute approximate surface area is 140 Å². The molecular formula is C17H20N4O3. The van der Waals surface area contributed by atoms with Crippen molar-refractivity contribution in [2.45, 2.75) is 19.9 Å². The van der Waals surface area contributed by atoms with Crippen LogP contribution in [0.5, 0.6) is 5.75 Å². The molecule has 3 rings (SSSR count). The quantitative estimate of drug-likeness (QED) is 0.919. The van der Waals surface area contributed by atoms with Crippen molar-refractivity contribution in [3.05, 3.63) is 41.7 Å². The van der Waals surface area contributed by atoms with E-state index in [2.05, 4.69) is 10.4 Å². The van der Waals surface area contributed by atoms with E-state index in [1.165, 1.54) is 4.90 Å². The van der Waals surface area contributed by atoms with Crippen LogP contribution in [0.15, 0.2) is 30.5 Å². The number of fused-ring (bicyclic) bond motifs is 1. The Morgan fingerprint density at radius 1 is 1.42 bits per heavy atom. The summed E-state index contributed by atoms with van der Waals surface area (Å²) >= 11 is 0. The van der Waals surface area contributed by atoms with Gasteiger partial charge in [0.05, 0.1) is 17.9 Å². The fraction of sp³-hybridized carbons (Fsp3) is 0.353. The number of amides is 2. The Hall–Kier alpha value is -2.83.